The van der Waals surface area contributed by atoms with Gasteiger partial charge in [0.15, 0.2) is 0 Å². The Morgan fingerprint density at radius 2 is 1.10 bits per heavy atom. The molecule has 39 heavy (non-hydrogen) atoms. The predicted molar refractivity (Wildman–Crippen MR) is 179 cm³/mol. The molecule has 1 aliphatic heterocycles. The van der Waals surface area contributed by atoms with Crippen molar-refractivity contribution in [3.05, 3.63) is 69.9 Å². The van der Waals surface area contributed by atoms with E-state index in [2.05, 4.69) is 102 Å². The maximum atomic E-state index is 10.9. The van der Waals surface area contributed by atoms with Gasteiger partial charge in [0.05, 0.1) is 4.08 Å². The summed E-state index contributed by atoms with van der Waals surface area (Å²) in [6.45, 7) is 17.5. The van der Waals surface area contributed by atoms with Crippen LogP contribution in [0.3, 0.4) is 0 Å². The van der Waals surface area contributed by atoms with Gasteiger partial charge < -0.3 is 4.74 Å². The van der Waals surface area contributed by atoms with E-state index in [0.717, 1.165) is 51.4 Å². The van der Waals surface area contributed by atoms with Gasteiger partial charge in [0.2, 0.25) is 0 Å². The van der Waals surface area contributed by atoms with Crippen molar-refractivity contribution < 1.29 is 9.53 Å². The minimum atomic E-state index is -0.222. The van der Waals surface area contributed by atoms with Crippen molar-refractivity contribution >= 4 is 29.5 Å². The molecular weight excluding hydrogens is 517 g/mol. The SMILES string of the molecule is CC(=O)OC/C=C(\C)CC/C=C(\C)CC/C=C(\C)CC1(/C=C(\C)CC/C=C(\C)CCC=C(C)C)SCCCS1. The van der Waals surface area contributed by atoms with Crippen LogP contribution in [0.5, 0.6) is 0 Å². The van der Waals surface area contributed by atoms with E-state index in [1.54, 1.807) is 0 Å². The van der Waals surface area contributed by atoms with Gasteiger partial charge >= 0.3 is 5.97 Å². The Morgan fingerprint density at radius 3 is 1.62 bits per heavy atom. The van der Waals surface area contributed by atoms with Gasteiger partial charge in [-0.1, -0.05) is 63.8 Å². The van der Waals surface area contributed by atoms with Crippen molar-refractivity contribution in [2.75, 3.05) is 18.1 Å². The summed E-state index contributed by atoms with van der Waals surface area (Å²) >= 11 is 4.32. The highest BCUT2D eigenvalue weighted by molar-refractivity contribution is 8.19. The Hall–Kier alpha value is -1.39. The van der Waals surface area contributed by atoms with Crippen molar-refractivity contribution in [2.24, 2.45) is 0 Å². The standard InChI is InChI=1S/C35H56O2S2/c1-28(2)14-9-15-29(3)17-11-20-32(6)26-35(38-24-13-25-39-35)27-33(7)21-12-18-30(4)16-10-19-31(5)22-23-37-34(8)36/h14,16-17,21-22,26H,9-13,15,18-20,23-25,27H2,1-8H3/b29-17+,30-16+,31-22+,32-26+,33-21+. The van der Waals surface area contributed by atoms with Crippen LogP contribution in [0.2, 0.25) is 0 Å². The summed E-state index contributed by atoms with van der Waals surface area (Å²) in [4.78, 5) is 10.9. The molecule has 1 fully saturated rings. The molecule has 4 heteroatoms. The summed E-state index contributed by atoms with van der Waals surface area (Å²) in [5, 5.41) is 0. The van der Waals surface area contributed by atoms with Crippen molar-refractivity contribution in [3.8, 4) is 0 Å². The van der Waals surface area contributed by atoms with Gasteiger partial charge in [0.25, 0.3) is 0 Å². The molecule has 0 amide bonds. The Bertz CT molecular complexity index is 920. The first kappa shape index (κ1) is 35.6. The van der Waals surface area contributed by atoms with Crippen LogP contribution in [0, 0.1) is 0 Å². The Labute approximate surface area is 250 Å². The number of hydrogen-bond donors (Lipinski definition) is 0. The van der Waals surface area contributed by atoms with Gasteiger partial charge in [0.1, 0.15) is 6.61 Å². The third-order valence-corrected chi connectivity index (χ3v) is 10.1. The lowest BCUT2D eigenvalue weighted by Gasteiger charge is -2.34. The van der Waals surface area contributed by atoms with E-state index in [-0.39, 0.29) is 10.0 Å². The third kappa shape index (κ3) is 18.6. The van der Waals surface area contributed by atoms with Crippen LogP contribution >= 0.6 is 23.5 Å². The topological polar surface area (TPSA) is 26.3 Å². The zero-order valence-electron chi connectivity index (χ0n) is 26.3. The minimum absolute atomic E-state index is 0.200. The normalized spacial score (nSPS) is 17.3. The number of ether oxygens (including phenoxy) is 1. The van der Waals surface area contributed by atoms with Crippen LogP contribution in [-0.4, -0.2) is 28.2 Å². The molecule has 0 unspecified atom stereocenters. The van der Waals surface area contributed by atoms with E-state index in [4.69, 9.17) is 4.74 Å². The molecule has 0 aromatic rings. The van der Waals surface area contributed by atoms with Gasteiger partial charge in [0, 0.05) is 6.92 Å². The number of thioether (sulfide) groups is 2. The maximum Gasteiger partial charge on any atom is 0.302 e. The summed E-state index contributed by atoms with van der Waals surface area (Å²) in [5.74, 6) is 2.31. The van der Waals surface area contributed by atoms with Gasteiger partial charge in [-0.3, -0.25) is 4.79 Å². The first-order valence-electron chi connectivity index (χ1n) is 14.9. The molecule has 0 aromatic heterocycles. The molecule has 1 heterocycles. The summed E-state index contributed by atoms with van der Waals surface area (Å²) in [7, 11) is 0. The molecule has 1 rings (SSSR count). The lowest BCUT2D eigenvalue weighted by molar-refractivity contribution is -0.139. The van der Waals surface area contributed by atoms with Gasteiger partial charge in [-0.15, -0.1) is 23.5 Å². The van der Waals surface area contributed by atoms with Crippen LogP contribution in [0.4, 0.5) is 0 Å². The molecule has 0 aromatic carbocycles. The molecule has 1 saturated heterocycles. The smallest absolute Gasteiger partial charge is 0.302 e. The molecule has 0 radical (unpaired) electrons. The number of rotatable bonds is 17. The quantitative estimate of drug-likeness (QED) is 0.128. The Balaban J connectivity index is 2.59. The monoisotopic (exact) mass is 572 g/mol. The van der Waals surface area contributed by atoms with Crippen LogP contribution < -0.4 is 0 Å². The number of esters is 1. The van der Waals surface area contributed by atoms with E-state index < -0.39 is 0 Å². The van der Waals surface area contributed by atoms with Crippen molar-refractivity contribution in [3.63, 3.8) is 0 Å². The van der Waals surface area contributed by atoms with Crippen LogP contribution in [0.1, 0.15) is 120 Å². The van der Waals surface area contributed by atoms with E-state index in [1.165, 1.54) is 64.7 Å². The largest absolute Gasteiger partial charge is 0.462 e. The zero-order chi connectivity index (χ0) is 29.1. The second kappa shape index (κ2) is 20.5. The van der Waals surface area contributed by atoms with Gasteiger partial charge in [-0.2, -0.15) is 0 Å². The molecular formula is C35H56O2S2. The maximum absolute atomic E-state index is 10.9. The minimum Gasteiger partial charge on any atom is -0.462 e. The van der Waals surface area contributed by atoms with Crippen molar-refractivity contribution in [1.82, 2.24) is 0 Å². The molecule has 220 valence electrons. The lowest BCUT2D eigenvalue weighted by Crippen LogP contribution is -2.23. The summed E-state index contributed by atoms with van der Waals surface area (Å²) < 4.78 is 5.19. The van der Waals surface area contributed by atoms with Crippen molar-refractivity contribution in [1.29, 1.82) is 0 Å². The number of carbonyl (C=O) groups is 1. The number of allylic oxidation sites excluding steroid dienone is 10. The van der Waals surface area contributed by atoms with Gasteiger partial charge in [-0.05, 0) is 130 Å². The molecule has 0 bridgehead atoms. The molecule has 2 nitrogen and oxygen atoms in total. The second-order valence-electron chi connectivity index (χ2n) is 11.5. The summed E-state index contributed by atoms with van der Waals surface area (Å²) in [5.41, 5.74) is 8.73. The third-order valence-electron chi connectivity index (χ3n) is 6.88. The van der Waals surface area contributed by atoms with E-state index >= 15 is 0 Å². The predicted octanol–water partition coefficient (Wildman–Crippen LogP) is 11.3. The highest BCUT2D eigenvalue weighted by Crippen LogP contribution is 2.48. The fourth-order valence-corrected chi connectivity index (χ4v) is 8.08. The van der Waals surface area contributed by atoms with Gasteiger partial charge in [-0.25, -0.2) is 0 Å². The molecule has 0 N–H and O–H groups in total. The molecule has 1 aliphatic rings. The molecule has 0 atom stereocenters. The fraction of sp³-hybridized carbons (Fsp3) is 0.629. The Morgan fingerprint density at radius 1 is 0.641 bits per heavy atom. The highest BCUT2D eigenvalue weighted by atomic mass is 32.2. The Kier molecular flexibility index (Phi) is 18.7. The molecule has 0 saturated carbocycles. The molecule has 0 spiro atoms. The first-order valence-corrected chi connectivity index (χ1v) is 16.8. The average molecular weight is 573 g/mol. The van der Waals surface area contributed by atoms with Crippen molar-refractivity contribution in [2.45, 2.75) is 124 Å². The summed E-state index contributed by atoms with van der Waals surface area (Å²) in [6.07, 6.45) is 25.6. The molecule has 0 aliphatic carbocycles. The van der Waals surface area contributed by atoms with E-state index in [9.17, 15) is 4.79 Å². The zero-order valence-corrected chi connectivity index (χ0v) is 27.9. The fourth-order valence-electron chi connectivity index (χ4n) is 4.57. The second-order valence-corrected chi connectivity index (χ2v) is 14.6. The average Bonchev–Trinajstić information content (AvgIpc) is 2.84. The van der Waals surface area contributed by atoms with Crippen LogP contribution in [0.15, 0.2) is 69.9 Å². The van der Waals surface area contributed by atoms with E-state index in [1.807, 2.05) is 6.08 Å². The first-order chi connectivity index (χ1) is 18.5. The number of hydrogen-bond acceptors (Lipinski definition) is 4. The highest BCUT2D eigenvalue weighted by Gasteiger charge is 2.31. The van der Waals surface area contributed by atoms with Crippen LogP contribution in [0.25, 0.3) is 0 Å². The van der Waals surface area contributed by atoms with E-state index in [0.29, 0.717) is 6.61 Å². The summed E-state index contributed by atoms with van der Waals surface area (Å²) in [6, 6.07) is 0. The number of carbonyl (C=O) groups excluding carboxylic acids is 1. The lowest BCUT2D eigenvalue weighted by atomic mass is 10.0. The van der Waals surface area contributed by atoms with Crippen LogP contribution in [-0.2, 0) is 9.53 Å².